The van der Waals surface area contributed by atoms with E-state index in [0.29, 0.717) is 27.8 Å². The van der Waals surface area contributed by atoms with Gasteiger partial charge >= 0.3 is 6.18 Å². The van der Waals surface area contributed by atoms with Gasteiger partial charge in [0.2, 0.25) is 0 Å². The fraction of sp³-hybridized carbons (Fsp3) is 0.208. The summed E-state index contributed by atoms with van der Waals surface area (Å²) in [5, 5.41) is 0. The van der Waals surface area contributed by atoms with E-state index in [1.165, 1.54) is 0 Å². The Morgan fingerprint density at radius 2 is 1.54 bits per heavy atom. The molecule has 0 atom stereocenters. The van der Waals surface area contributed by atoms with Crippen molar-refractivity contribution in [3.05, 3.63) is 100 Å². The standard InChI is InChI=1S/C24H23F3O/c1-16(2)22(14-20-12-8-9-13-21(20)15-28)23(18(4)24(25,26)27)17(3)19-10-6-5-7-11-19/h5-13,15H,4,14H2,1-3H3/b23-17+. The van der Waals surface area contributed by atoms with E-state index in [1.807, 2.05) is 6.07 Å². The molecule has 4 heteroatoms. The number of halogens is 3. The lowest BCUT2D eigenvalue weighted by Gasteiger charge is -2.22. The smallest absolute Gasteiger partial charge is 0.298 e. The van der Waals surface area contributed by atoms with Gasteiger partial charge < -0.3 is 0 Å². The second-order valence-corrected chi connectivity index (χ2v) is 6.81. The quantitative estimate of drug-likeness (QED) is 0.388. The number of hydrogen-bond acceptors (Lipinski definition) is 1. The maximum absolute atomic E-state index is 13.7. The molecule has 0 aliphatic heterocycles. The highest BCUT2D eigenvalue weighted by Crippen LogP contribution is 2.40. The van der Waals surface area contributed by atoms with E-state index in [9.17, 15) is 18.0 Å². The average molecular weight is 384 g/mol. The number of benzene rings is 2. The SMILES string of the molecule is C=C(/C(C(Cc1ccccc1C=O)=C(C)C)=C(/C)c1ccccc1)C(F)(F)F. The lowest BCUT2D eigenvalue weighted by Crippen LogP contribution is -2.16. The van der Waals surface area contributed by atoms with Crippen LogP contribution >= 0.6 is 0 Å². The van der Waals surface area contributed by atoms with Gasteiger partial charge in [0.05, 0.1) is 5.57 Å². The molecule has 0 heterocycles. The highest BCUT2D eigenvalue weighted by atomic mass is 19.4. The largest absolute Gasteiger partial charge is 0.416 e. The summed E-state index contributed by atoms with van der Waals surface area (Å²) < 4.78 is 41.0. The molecule has 0 N–H and O–H groups in total. The molecule has 0 aliphatic rings. The fourth-order valence-electron chi connectivity index (χ4n) is 3.12. The molecule has 0 bridgehead atoms. The zero-order chi connectivity index (χ0) is 20.9. The van der Waals surface area contributed by atoms with Crippen molar-refractivity contribution in [1.82, 2.24) is 0 Å². The molecular formula is C24H23F3O. The van der Waals surface area contributed by atoms with Gasteiger partial charge in [0.1, 0.15) is 6.29 Å². The highest BCUT2D eigenvalue weighted by Gasteiger charge is 2.36. The van der Waals surface area contributed by atoms with Crippen LogP contribution < -0.4 is 0 Å². The normalized spacial score (nSPS) is 12.2. The van der Waals surface area contributed by atoms with Crippen LogP contribution in [-0.2, 0) is 6.42 Å². The van der Waals surface area contributed by atoms with Crippen LogP contribution in [0.3, 0.4) is 0 Å². The molecule has 2 aromatic carbocycles. The third kappa shape index (κ3) is 4.89. The molecule has 0 saturated carbocycles. The molecule has 0 spiro atoms. The summed E-state index contributed by atoms with van der Waals surface area (Å²) in [5.41, 5.74) is 2.83. The molecule has 0 unspecified atom stereocenters. The van der Waals surface area contributed by atoms with E-state index in [-0.39, 0.29) is 12.0 Å². The van der Waals surface area contributed by atoms with Crippen LogP contribution in [0, 0.1) is 0 Å². The lowest BCUT2D eigenvalue weighted by molar-refractivity contribution is -0.0887. The van der Waals surface area contributed by atoms with Gasteiger partial charge in [0.25, 0.3) is 0 Å². The Labute approximate surface area is 163 Å². The number of carbonyl (C=O) groups is 1. The first-order valence-electron chi connectivity index (χ1n) is 8.89. The first kappa shape index (κ1) is 21.4. The van der Waals surface area contributed by atoms with Crippen molar-refractivity contribution in [2.75, 3.05) is 0 Å². The van der Waals surface area contributed by atoms with Gasteiger partial charge in [-0.3, -0.25) is 4.79 Å². The number of allylic oxidation sites excluding steroid dienone is 5. The predicted octanol–water partition coefficient (Wildman–Crippen LogP) is 6.97. The van der Waals surface area contributed by atoms with Gasteiger partial charge in [0.15, 0.2) is 0 Å². The molecule has 2 rings (SSSR count). The Morgan fingerprint density at radius 3 is 2.07 bits per heavy atom. The van der Waals surface area contributed by atoms with Gasteiger partial charge in [-0.1, -0.05) is 66.7 Å². The summed E-state index contributed by atoms with van der Waals surface area (Å²) in [6.07, 6.45) is -3.62. The Kier molecular flexibility index (Phi) is 6.79. The Bertz CT molecular complexity index is 928. The van der Waals surface area contributed by atoms with Crippen LogP contribution in [0.5, 0.6) is 0 Å². The second-order valence-electron chi connectivity index (χ2n) is 6.81. The van der Waals surface area contributed by atoms with Gasteiger partial charge in [-0.25, -0.2) is 0 Å². The minimum atomic E-state index is -4.56. The van der Waals surface area contributed by atoms with Crippen LogP contribution in [0.2, 0.25) is 0 Å². The summed E-state index contributed by atoms with van der Waals surface area (Å²) in [7, 11) is 0. The monoisotopic (exact) mass is 384 g/mol. The van der Waals surface area contributed by atoms with Crippen LogP contribution in [0.4, 0.5) is 13.2 Å². The molecule has 0 fully saturated rings. The van der Waals surface area contributed by atoms with E-state index in [2.05, 4.69) is 6.58 Å². The van der Waals surface area contributed by atoms with Crippen molar-refractivity contribution in [2.24, 2.45) is 0 Å². The maximum atomic E-state index is 13.7. The highest BCUT2D eigenvalue weighted by molar-refractivity contribution is 5.79. The average Bonchev–Trinajstić information content (AvgIpc) is 2.67. The molecule has 28 heavy (non-hydrogen) atoms. The van der Waals surface area contributed by atoms with Crippen molar-refractivity contribution in [3.63, 3.8) is 0 Å². The first-order valence-corrected chi connectivity index (χ1v) is 8.89. The van der Waals surface area contributed by atoms with Crippen molar-refractivity contribution < 1.29 is 18.0 Å². The minimum absolute atomic E-state index is 0.0828. The molecule has 0 amide bonds. The van der Waals surface area contributed by atoms with Crippen LogP contribution in [0.1, 0.15) is 42.3 Å². The summed E-state index contributed by atoms with van der Waals surface area (Å²) in [4.78, 5) is 11.4. The van der Waals surface area contributed by atoms with Gasteiger partial charge in [0, 0.05) is 5.56 Å². The number of hydrogen-bond donors (Lipinski definition) is 0. The predicted molar refractivity (Wildman–Crippen MR) is 108 cm³/mol. The van der Waals surface area contributed by atoms with E-state index >= 15 is 0 Å². The number of aldehydes is 1. The Balaban J connectivity index is 2.71. The van der Waals surface area contributed by atoms with E-state index in [4.69, 9.17) is 0 Å². The summed E-state index contributed by atoms with van der Waals surface area (Å²) in [5.74, 6) is 0. The van der Waals surface area contributed by atoms with Crippen LogP contribution in [0.25, 0.3) is 5.57 Å². The fourth-order valence-corrected chi connectivity index (χ4v) is 3.12. The minimum Gasteiger partial charge on any atom is -0.298 e. The molecule has 0 aliphatic carbocycles. The van der Waals surface area contributed by atoms with Crippen LogP contribution in [-0.4, -0.2) is 12.5 Å². The molecule has 2 aromatic rings. The lowest BCUT2D eigenvalue weighted by atomic mass is 9.84. The molecule has 0 aromatic heterocycles. The Hall–Kier alpha value is -2.88. The first-order chi connectivity index (χ1) is 13.2. The summed E-state index contributed by atoms with van der Waals surface area (Å²) in [6.45, 7) is 8.61. The van der Waals surface area contributed by atoms with E-state index in [0.717, 1.165) is 11.9 Å². The topological polar surface area (TPSA) is 17.1 Å². The van der Waals surface area contributed by atoms with Crippen molar-refractivity contribution in [2.45, 2.75) is 33.4 Å². The van der Waals surface area contributed by atoms with E-state index in [1.54, 1.807) is 69.3 Å². The Morgan fingerprint density at radius 1 is 0.964 bits per heavy atom. The molecular weight excluding hydrogens is 361 g/mol. The molecule has 0 radical (unpaired) electrons. The van der Waals surface area contributed by atoms with Gasteiger partial charge in [-0.15, -0.1) is 0 Å². The number of carbonyl (C=O) groups excluding carboxylic acids is 1. The van der Waals surface area contributed by atoms with Crippen molar-refractivity contribution in [3.8, 4) is 0 Å². The van der Waals surface area contributed by atoms with Gasteiger partial charge in [-0.2, -0.15) is 13.2 Å². The zero-order valence-electron chi connectivity index (χ0n) is 16.2. The molecule has 146 valence electrons. The third-order valence-corrected chi connectivity index (χ3v) is 4.68. The zero-order valence-corrected chi connectivity index (χ0v) is 16.2. The molecule has 0 saturated heterocycles. The molecule has 1 nitrogen and oxygen atoms in total. The second kappa shape index (κ2) is 8.87. The van der Waals surface area contributed by atoms with Crippen molar-refractivity contribution in [1.29, 1.82) is 0 Å². The van der Waals surface area contributed by atoms with Crippen molar-refractivity contribution >= 4 is 11.9 Å². The number of alkyl halides is 3. The van der Waals surface area contributed by atoms with Gasteiger partial charge in [-0.05, 0) is 55.0 Å². The number of rotatable bonds is 6. The van der Waals surface area contributed by atoms with E-state index < -0.39 is 11.7 Å². The maximum Gasteiger partial charge on any atom is 0.416 e. The third-order valence-electron chi connectivity index (χ3n) is 4.68. The van der Waals surface area contributed by atoms with Crippen LogP contribution in [0.15, 0.2) is 83.5 Å². The summed E-state index contributed by atoms with van der Waals surface area (Å²) >= 11 is 0. The summed E-state index contributed by atoms with van der Waals surface area (Å²) in [6, 6.07) is 15.9.